The lowest BCUT2D eigenvalue weighted by Crippen LogP contribution is -2.07. The maximum atomic E-state index is 12.3. The molecule has 0 spiro atoms. The summed E-state index contributed by atoms with van der Waals surface area (Å²) in [5.74, 6) is 0.140. The number of ether oxygens (including phenoxy) is 5. The van der Waals surface area contributed by atoms with E-state index in [-0.39, 0.29) is 29.2 Å². The molecule has 9 nitrogen and oxygen atoms in total. The number of aromatic hydroxyl groups is 1. The maximum absolute atomic E-state index is 12.3. The first-order valence-corrected chi connectivity index (χ1v) is 9.20. The Bertz CT molecular complexity index is 1170. The molecular formula is C22H20O9. The first-order chi connectivity index (χ1) is 14.9. The Morgan fingerprint density at radius 2 is 1.55 bits per heavy atom. The van der Waals surface area contributed by atoms with Crippen molar-refractivity contribution < 1.29 is 43.8 Å². The van der Waals surface area contributed by atoms with Gasteiger partial charge in [-0.2, -0.15) is 0 Å². The van der Waals surface area contributed by atoms with Crippen LogP contribution in [0.3, 0.4) is 0 Å². The van der Waals surface area contributed by atoms with Crippen molar-refractivity contribution >= 4 is 16.7 Å². The molecule has 0 bridgehead atoms. The molecule has 0 unspecified atom stereocenters. The lowest BCUT2D eigenvalue weighted by atomic mass is 9.88. The van der Waals surface area contributed by atoms with E-state index in [4.69, 9.17) is 23.7 Å². The molecule has 0 aromatic heterocycles. The molecule has 0 radical (unpaired) electrons. The number of aliphatic hydroxyl groups excluding tert-OH is 1. The third-order valence-corrected chi connectivity index (χ3v) is 5.20. The molecule has 0 atom stereocenters. The normalized spacial score (nSPS) is 12.1. The monoisotopic (exact) mass is 428 g/mol. The minimum absolute atomic E-state index is 0.00454. The average molecular weight is 428 g/mol. The van der Waals surface area contributed by atoms with E-state index in [2.05, 4.69) is 0 Å². The Labute approximate surface area is 176 Å². The first kappa shape index (κ1) is 20.4. The molecular weight excluding hydrogens is 408 g/mol. The Morgan fingerprint density at radius 3 is 2.03 bits per heavy atom. The molecule has 0 amide bonds. The standard InChI is InChI=1S/C22H20O9/c1-27-16-4-10(5-17(28-2)21(16)29-3)18-11-6-14-15(31-9-30-14)7-12(11)20(24)13(8-23)19(18)22(25)26/h4-7,23-24H,8-9H2,1-3H3,(H,25,26). The van der Waals surface area contributed by atoms with Gasteiger partial charge < -0.3 is 39.0 Å². The van der Waals surface area contributed by atoms with Crippen molar-refractivity contribution in [1.82, 2.24) is 0 Å². The Hall–Kier alpha value is -3.85. The van der Waals surface area contributed by atoms with E-state index >= 15 is 0 Å². The largest absolute Gasteiger partial charge is 0.507 e. The molecule has 0 fully saturated rings. The van der Waals surface area contributed by atoms with Gasteiger partial charge in [0.2, 0.25) is 12.5 Å². The van der Waals surface area contributed by atoms with Crippen LogP contribution in [0.2, 0.25) is 0 Å². The van der Waals surface area contributed by atoms with Crippen LogP contribution in [0.25, 0.3) is 21.9 Å². The summed E-state index contributed by atoms with van der Waals surface area (Å²) >= 11 is 0. The Kier molecular flexibility index (Phi) is 5.12. The van der Waals surface area contributed by atoms with Gasteiger partial charge in [0.1, 0.15) is 5.75 Å². The summed E-state index contributed by atoms with van der Waals surface area (Å²) in [6.07, 6.45) is 0. The molecule has 1 heterocycles. The number of benzene rings is 3. The minimum atomic E-state index is -1.32. The zero-order valence-electron chi connectivity index (χ0n) is 17.0. The van der Waals surface area contributed by atoms with E-state index in [1.807, 2.05) is 0 Å². The van der Waals surface area contributed by atoms with Crippen LogP contribution in [-0.4, -0.2) is 49.4 Å². The number of hydrogen-bond acceptors (Lipinski definition) is 8. The van der Waals surface area contributed by atoms with Gasteiger partial charge in [-0.3, -0.25) is 0 Å². The third kappa shape index (κ3) is 3.10. The van der Waals surface area contributed by atoms with Crippen LogP contribution in [0.1, 0.15) is 15.9 Å². The van der Waals surface area contributed by atoms with Crippen LogP contribution >= 0.6 is 0 Å². The number of carboxylic acid groups (broad SMARTS) is 1. The lowest BCUT2D eigenvalue weighted by Gasteiger charge is -2.19. The Morgan fingerprint density at radius 1 is 0.968 bits per heavy atom. The zero-order valence-corrected chi connectivity index (χ0v) is 17.0. The summed E-state index contributed by atoms with van der Waals surface area (Å²) in [6.45, 7) is -0.681. The predicted molar refractivity (Wildman–Crippen MR) is 110 cm³/mol. The van der Waals surface area contributed by atoms with Crippen molar-refractivity contribution in [2.75, 3.05) is 28.1 Å². The number of methoxy groups -OCH3 is 3. The number of hydrogen-bond donors (Lipinski definition) is 3. The van der Waals surface area contributed by atoms with E-state index in [0.29, 0.717) is 45.1 Å². The lowest BCUT2D eigenvalue weighted by molar-refractivity contribution is 0.0693. The van der Waals surface area contributed by atoms with Crippen molar-refractivity contribution in [1.29, 1.82) is 0 Å². The summed E-state index contributed by atoms with van der Waals surface area (Å²) in [6, 6.07) is 6.36. The second-order valence-corrected chi connectivity index (χ2v) is 6.71. The number of carbonyl (C=O) groups is 1. The molecule has 1 aliphatic heterocycles. The van der Waals surface area contributed by atoms with Gasteiger partial charge >= 0.3 is 5.97 Å². The van der Waals surface area contributed by atoms with Crippen molar-refractivity contribution in [3.8, 4) is 45.6 Å². The van der Waals surface area contributed by atoms with Crippen LogP contribution in [-0.2, 0) is 6.61 Å². The van der Waals surface area contributed by atoms with E-state index in [1.54, 1.807) is 24.3 Å². The highest BCUT2D eigenvalue weighted by Gasteiger charge is 2.28. The quantitative estimate of drug-likeness (QED) is 0.543. The fraction of sp³-hybridized carbons (Fsp3) is 0.227. The van der Waals surface area contributed by atoms with E-state index < -0.39 is 12.6 Å². The zero-order chi connectivity index (χ0) is 22.3. The number of phenols is 1. The first-order valence-electron chi connectivity index (χ1n) is 9.20. The summed E-state index contributed by atoms with van der Waals surface area (Å²) < 4.78 is 27.0. The summed E-state index contributed by atoms with van der Waals surface area (Å²) in [5, 5.41) is 31.4. The van der Waals surface area contributed by atoms with Gasteiger partial charge in [-0.1, -0.05) is 0 Å². The smallest absolute Gasteiger partial charge is 0.336 e. The molecule has 31 heavy (non-hydrogen) atoms. The number of fused-ring (bicyclic) bond motifs is 2. The summed E-state index contributed by atoms with van der Waals surface area (Å²) in [4.78, 5) is 12.3. The van der Waals surface area contributed by atoms with Crippen molar-refractivity contribution in [2.45, 2.75) is 6.61 Å². The van der Waals surface area contributed by atoms with Gasteiger partial charge in [-0.25, -0.2) is 4.79 Å². The van der Waals surface area contributed by atoms with Gasteiger partial charge in [0.05, 0.1) is 33.5 Å². The topological polar surface area (TPSA) is 124 Å². The second-order valence-electron chi connectivity index (χ2n) is 6.71. The Balaban J connectivity index is 2.18. The molecule has 3 aromatic rings. The van der Waals surface area contributed by atoms with E-state index in [9.17, 15) is 20.1 Å². The molecule has 0 saturated carbocycles. The number of aliphatic hydroxyl groups is 1. The van der Waals surface area contributed by atoms with Gasteiger partial charge in [0, 0.05) is 16.5 Å². The van der Waals surface area contributed by atoms with Crippen LogP contribution in [0.15, 0.2) is 24.3 Å². The molecule has 3 N–H and O–H groups in total. The summed E-state index contributed by atoms with van der Waals surface area (Å²) in [5.41, 5.74) is 0.302. The number of aromatic carboxylic acids is 1. The number of rotatable bonds is 6. The van der Waals surface area contributed by atoms with Crippen molar-refractivity contribution in [3.63, 3.8) is 0 Å². The average Bonchev–Trinajstić information content (AvgIpc) is 3.24. The van der Waals surface area contributed by atoms with Gasteiger partial charge in [0.25, 0.3) is 0 Å². The van der Waals surface area contributed by atoms with Gasteiger partial charge in [-0.15, -0.1) is 0 Å². The molecule has 1 aliphatic rings. The third-order valence-electron chi connectivity index (χ3n) is 5.20. The highest BCUT2D eigenvalue weighted by molar-refractivity contribution is 6.12. The van der Waals surface area contributed by atoms with Crippen molar-refractivity contribution in [3.05, 3.63) is 35.4 Å². The van der Waals surface area contributed by atoms with E-state index in [1.165, 1.54) is 21.3 Å². The van der Waals surface area contributed by atoms with Crippen LogP contribution < -0.4 is 23.7 Å². The van der Waals surface area contributed by atoms with Crippen LogP contribution in [0, 0.1) is 0 Å². The van der Waals surface area contributed by atoms with Crippen molar-refractivity contribution in [2.24, 2.45) is 0 Å². The fourth-order valence-corrected chi connectivity index (χ4v) is 3.83. The van der Waals surface area contributed by atoms with Crippen LogP contribution in [0.5, 0.6) is 34.5 Å². The predicted octanol–water partition coefficient (Wildman–Crippen LogP) is 3.16. The molecule has 0 aliphatic carbocycles. The molecule has 9 heteroatoms. The molecule has 162 valence electrons. The highest BCUT2D eigenvalue weighted by atomic mass is 16.7. The minimum Gasteiger partial charge on any atom is -0.507 e. The van der Waals surface area contributed by atoms with Gasteiger partial charge in [-0.05, 0) is 35.2 Å². The SMILES string of the molecule is COc1cc(-c2c(C(=O)O)c(CO)c(O)c3cc4c(cc23)OCO4)cc(OC)c1OC. The number of carboxylic acids is 1. The highest BCUT2D eigenvalue weighted by Crippen LogP contribution is 2.49. The second kappa shape index (κ2) is 7.77. The maximum Gasteiger partial charge on any atom is 0.336 e. The van der Waals surface area contributed by atoms with Crippen LogP contribution in [0.4, 0.5) is 0 Å². The van der Waals surface area contributed by atoms with E-state index in [0.717, 1.165) is 0 Å². The van der Waals surface area contributed by atoms with Gasteiger partial charge in [0.15, 0.2) is 23.0 Å². The fourth-order valence-electron chi connectivity index (χ4n) is 3.83. The summed E-state index contributed by atoms with van der Waals surface area (Å²) in [7, 11) is 4.36. The molecule has 0 saturated heterocycles. The molecule has 3 aromatic carbocycles. The molecule has 4 rings (SSSR count).